The van der Waals surface area contributed by atoms with E-state index in [0.717, 1.165) is 34.1 Å². The average molecular weight is 1710 g/mol. The molecule has 0 aliphatic heterocycles. The minimum absolute atomic E-state index is 0.116. The Balaban J connectivity index is 0.000000140. The van der Waals surface area contributed by atoms with Crippen molar-refractivity contribution in [3.63, 3.8) is 0 Å². The molecule has 0 saturated carbocycles. The van der Waals surface area contributed by atoms with Crippen molar-refractivity contribution in [2.75, 3.05) is 9.80 Å². The van der Waals surface area contributed by atoms with Gasteiger partial charge < -0.3 is 18.9 Å². The van der Waals surface area contributed by atoms with E-state index < -0.39 is 0 Å². The fourth-order valence-corrected chi connectivity index (χ4v) is 22.9. The van der Waals surface area contributed by atoms with E-state index in [1.807, 2.05) is 0 Å². The summed E-state index contributed by atoms with van der Waals surface area (Å²) in [4.78, 5) is 4.90. The molecule has 134 heavy (non-hydrogen) atoms. The Labute approximate surface area is 778 Å². The van der Waals surface area contributed by atoms with Crippen molar-refractivity contribution in [3.8, 4) is 78.1 Å². The maximum atomic E-state index is 2.48. The lowest BCUT2D eigenvalue weighted by molar-refractivity contribution is 0.660. The highest BCUT2D eigenvalue weighted by atomic mass is 15.1. The number of hydrogen-bond acceptors (Lipinski definition) is 2. The molecular weight excluding hydrogens is 1620 g/mol. The quantitative estimate of drug-likeness (QED) is 0.113. The van der Waals surface area contributed by atoms with E-state index in [9.17, 15) is 0 Å². The first kappa shape index (κ1) is 78.2. The van der Waals surface area contributed by atoms with Crippen LogP contribution in [0.1, 0.15) is 49.9 Å². The summed E-state index contributed by atoms with van der Waals surface area (Å²) in [6.45, 7) is 9.46. The summed E-state index contributed by atoms with van der Waals surface area (Å²) in [5, 5.41) is 22.9. The van der Waals surface area contributed by atoms with E-state index in [1.165, 1.54) is 219 Å². The monoisotopic (exact) mass is 1710 g/mol. The van der Waals surface area contributed by atoms with Crippen molar-refractivity contribution < 1.29 is 0 Å². The second kappa shape index (κ2) is 30.9. The summed E-state index contributed by atoms with van der Waals surface area (Å²) in [6, 6.07) is 175. The molecule has 2 heterocycles. The summed E-state index contributed by atoms with van der Waals surface area (Å²) in [7, 11) is 0. The van der Waals surface area contributed by atoms with E-state index in [2.05, 4.69) is 520 Å². The summed E-state index contributed by atoms with van der Waals surface area (Å²) >= 11 is 0. The highest BCUT2D eigenvalue weighted by Crippen LogP contribution is 2.55. The molecule has 2 aliphatic carbocycles. The highest BCUT2D eigenvalue weighted by Gasteiger charge is 2.38. The topological polar surface area (TPSA) is 16.3 Å². The zero-order chi connectivity index (χ0) is 89.0. The van der Waals surface area contributed by atoms with Gasteiger partial charge in [0.15, 0.2) is 0 Å². The Bertz CT molecular complexity index is 9040. The van der Waals surface area contributed by atoms with Gasteiger partial charge in [-0.3, -0.25) is 0 Å². The first-order valence-electron chi connectivity index (χ1n) is 46.8. The van der Waals surface area contributed by atoms with Crippen LogP contribution in [0, 0.1) is 0 Å². The summed E-state index contributed by atoms with van der Waals surface area (Å²) in [6.07, 6.45) is 0. The second-order valence-electron chi connectivity index (χ2n) is 37.3. The number of nitrogens with zero attached hydrogens (tertiary/aromatic N) is 4. The summed E-state index contributed by atoms with van der Waals surface area (Å²) in [5.41, 5.74) is 34.0. The van der Waals surface area contributed by atoms with Gasteiger partial charge in [-0.2, -0.15) is 0 Å². The van der Waals surface area contributed by atoms with Gasteiger partial charge in [0.05, 0.1) is 27.8 Å². The number of aromatic nitrogens is 2. The van der Waals surface area contributed by atoms with Gasteiger partial charge in [-0.15, -0.1) is 0 Å². The molecule has 0 radical (unpaired) electrons. The molecule has 0 atom stereocenters. The lowest BCUT2D eigenvalue weighted by Crippen LogP contribution is -2.16. The fourth-order valence-electron chi connectivity index (χ4n) is 22.9. The van der Waals surface area contributed by atoms with Crippen LogP contribution >= 0.6 is 0 Å². The van der Waals surface area contributed by atoms with Gasteiger partial charge >= 0.3 is 0 Å². The van der Waals surface area contributed by atoms with Crippen molar-refractivity contribution in [3.05, 3.63) is 495 Å². The minimum Gasteiger partial charge on any atom is -0.310 e. The first-order chi connectivity index (χ1) is 66.0. The lowest BCUT2D eigenvalue weighted by Gasteiger charge is -2.29. The standard InChI is InChI=1S/C67H46N2.C63H44N2/c1-67(2)62-26-14-12-23-56(62)57-36-34-48(42-63(57)67)68(47-32-28-43(29-33-47)44-31-38-66-61(40-44)59-25-13-15-27-64(59)69(66)46-16-4-3-5-17-46)65-39-37-49(50-18-10-11-24-58(50)65)45-30-35-55-53-21-7-6-19-51(53)52-20-8-9-22-54(52)60(55)41-45;1-63(2)59-22-12-10-20-54(59)55-36-34-48(40-60(55)63)64(46-30-24-41(25-31-46)43-28-35-53-51-18-7-6-16-49(51)50-17-8-9-19-52(50)57(53)38-43)47-32-26-42(27-33-47)44-29-37-62-58(39-44)56-21-11-13-23-61(56)65(62)45-14-4-3-5-15-45/h3-42H,1-2H3;3-40H,1-2H3. The van der Waals surface area contributed by atoms with Gasteiger partial charge in [-0.1, -0.05) is 361 Å². The maximum Gasteiger partial charge on any atom is 0.0541 e. The Kier molecular flexibility index (Phi) is 18.0. The van der Waals surface area contributed by atoms with Crippen molar-refractivity contribution in [2.45, 2.75) is 38.5 Å². The predicted octanol–water partition coefficient (Wildman–Crippen LogP) is 35.9. The second-order valence-corrected chi connectivity index (χ2v) is 37.3. The van der Waals surface area contributed by atoms with Crippen LogP contribution in [0.4, 0.5) is 34.1 Å². The van der Waals surface area contributed by atoms with E-state index in [4.69, 9.17) is 0 Å². The molecule has 0 spiro atoms. The van der Waals surface area contributed by atoms with Crippen LogP contribution in [0.15, 0.2) is 473 Å². The van der Waals surface area contributed by atoms with Gasteiger partial charge in [0.1, 0.15) is 0 Å². The predicted molar refractivity (Wildman–Crippen MR) is 570 cm³/mol. The van der Waals surface area contributed by atoms with Crippen molar-refractivity contribution in [2.24, 2.45) is 0 Å². The smallest absolute Gasteiger partial charge is 0.0541 e. The van der Waals surface area contributed by atoms with Crippen LogP contribution in [0.5, 0.6) is 0 Å². The van der Waals surface area contributed by atoms with Gasteiger partial charge in [0, 0.05) is 77.6 Å². The van der Waals surface area contributed by atoms with E-state index in [0.29, 0.717) is 0 Å². The number of fused-ring (bicyclic) bond motifs is 25. The number of hydrogen-bond donors (Lipinski definition) is 0. The molecular formula is C130H90N4. The minimum atomic E-state index is -0.142. The Morgan fingerprint density at radius 3 is 0.858 bits per heavy atom. The van der Waals surface area contributed by atoms with Crippen LogP contribution in [0.25, 0.3) is 197 Å². The van der Waals surface area contributed by atoms with Gasteiger partial charge in [0.25, 0.3) is 0 Å². The van der Waals surface area contributed by atoms with Crippen LogP contribution < -0.4 is 9.80 Å². The van der Waals surface area contributed by atoms with Gasteiger partial charge in [-0.25, -0.2) is 0 Å². The van der Waals surface area contributed by atoms with Crippen molar-refractivity contribution in [1.82, 2.24) is 9.13 Å². The summed E-state index contributed by atoms with van der Waals surface area (Å²) < 4.78 is 4.76. The largest absolute Gasteiger partial charge is 0.310 e. The molecule has 2 aromatic heterocycles. The Hall–Kier alpha value is -16.9. The van der Waals surface area contributed by atoms with Gasteiger partial charge in [0.2, 0.25) is 0 Å². The average Bonchev–Trinajstić information content (AvgIpc) is 1.68. The normalized spacial score (nSPS) is 12.9. The molecule has 0 N–H and O–H groups in total. The zero-order valence-corrected chi connectivity index (χ0v) is 74.8. The summed E-state index contributed by atoms with van der Waals surface area (Å²) in [5.74, 6) is 0. The van der Waals surface area contributed by atoms with E-state index in [1.54, 1.807) is 0 Å². The number of benzene rings is 23. The third-order valence-electron chi connectivity index (χ3n) is 29.3. The van der Waals surface area contributed by atoms with E-state index >= 15 is 0 Å². The first-order valence-corrected chi connectivity index (χ1v) is 46.8. The third-order valence-corrected chi connectivity index (χ3v) is 29.3. The van der Waals surface area contributed by atoms with Crippen molar-refractivity contribution >= 4 is 153 Å². The molecule has 25 aromatic rings. The molecule has 0 saturated heterocycles. The highest BCUT2D eigenvalue weighted by molar-refractivity contribution is 6.28. The molecule has 0 fully saturated rings. The number of anilines is 6. The molecule has 23 aromatic carbocycles. The molecule has 2 aliphatic rings. The number of rotatable bonds is 12. The fraction of sp³-hybridized carbons (Fsp3) is 0.0462. The Morgan fingerprint density at radius 1 is 0.157 bits per heavy atom. The molecule has 27 rings (SSSR count). The Morgan fingerprint density at radius 2 is 0.433 bits per heavy atom. The maximum absolute atomic E-state index is 2.48. The third kappa shape index (κ3) is 12.4. The zero-order valence-electron chi connectivity index (χ0n) is 74.8. The van der Waals surface area contributed by atoms with Crippen LogP contribution in [-0.4, -0.2) is 9.13 Å². The molecule has 0 bridgehead atoms. The molecule has 0 amide bonds. The van der Waals surface area contributed by atoms with Gasteiger partial charge in [-0.05, 0) is 299 Å². The molecule has 4 nitrogen and oxygen atoms in total. The SMILES string of the molecule is CC1(C)c2ccccc2-c2ccc(N(c3ccc(-c4ccc5c(c4)c4ccccc4n5-c4ccccc4)cc3)c3ccc(-c4ccc5c6ccccc6c6ccccc6c5c4)c4ccccc34)cc21.CC1(C)c2ccccc2-c2ccc(N(c3ccc(-c4ccc5c6ccccc6c6ccccc6c5c4)cc3)c3ccc(-c4ccc5c(c4)c4ccccc4n5-c4ccccc4)cc3)cc21. The molecule has 630 valence electrons. The van der Waals surface area contributed by atoms with Crippen LogP contribution in [0.3, 0.4) is 0 Å². The van der Waals surface area contributed by atoms with Crippen LogP contribution in [0.2, 0.25) is 0 Å². The van der Waals surface area contributed by atoms with Crippen molar-refractivity contribution in [1.29, 1.82) is 0 Å². The lowest BCUT2D eigenvalue weighted by atomic mass is 9.82. The van der Waals surface area contributed by atoms with E-state index in [-0.39, 0.29) is 10.8 Å². The number of para-hydroxylation sites is 4. The molecule has 0 unspecified atom stereocenters. The molecule has 4 heteroatoms. The van der Waals surface area contributed by atoms with Crippen LogP contribution in [-0.2, 0) is 10.8 Å².